The first-order chi connectivity index (χ1) is 12.0. The summed E-state index contributed by atoms with van der Waals surface area (Å²) in [5.41, 5.74) is 8.86. The highest BCUT2D eigenvalue weighted by Crippen LogP contribution is 2.34. The maximum atomic E-state index is 8.77. The number of nitrogens with one attached hydrogen (secondary N) is 1. The van der Waals surface area contributed by atoms with Gasteiger partial charge in [0.1, 0.15) is 0 Å². The molecule has 0 amide bonds. The number of anilines is 3. The van der Waals surface area contributed by atoms with E-state index in [1.165, 1.54) is 0 Å². The van der Waals surface area contributed by atoms with Crippen molar-refractivity contribution in [2.45, 2.75) is 0 Å². The second kappa shape index (κ2) is 9.41. The lowest BCUT2D eigenvalue weighted by Gasteiger charge is -2.24. The molecule has 138 valence electrons. The van der Waals surface area contributed by atoms with Crippen LogP contribution in [-0.4, -0.2) is 75.6 Å². The van der Waals surface area contributed by atoms with Crippen LogP contribution >= 0.6 is 0 Å². The molecule has 0 radical (unpaired) electrons. The van der Waals surface area contributed by atoms with Gasteiger partial charge in [-0.05, 0) is 20.2 Å². The van der Waals surface area contributed by atoms with Gasteiger partial charge in [0.25, 0.3) is 0 Å². The molecule has 0 saturated heterocycles. The van der Waals surface area contributed by atoms with Crippen LogP contribution in [0.15, 0.2) is 24.3 Å². The summed E-state index contributed by atoms with van der Waals surface area (Å²) in [5, 5.41) is 13.1. The van der Waals surface area contributed by atoms with Gasteiger partial charge in [-0.2, -0.15) is 0 Å². The Hall–Kier alpha value is -2.09. The van der Waals surface area contributed by atoms with E-state index in [0.717, 1.165) is 35.5 Å². The average Bonchev–Trinajstić information content (AvgIpc) is 2.60. The number of nitrogen functional groups attached to an aromatic ring is 1. The molecular formula is C18H29N5O2. The second-order valence-corrected chi connectivity index (χ2v) is 6.23. The molecule has 0 aliphatic carbocycles. The molecular weight excluding hydrogens is 318 g/mol. The van der Waals surface area contributed by atoms with Crippen molar-refractivity contribution in [3.05, 3.63) is 24.3 Å². The first kappa shape index (κ1) is 19.2. The zero-order valence-corrected chi connectivity index (χ0v) is 15.3. The predicted molar refractivity (Wildman–Crippen MR) is 104 cm³/mol. The molecule has 0 saturated carbocycles. The lowest BCUT2D eigenvalue weighted by atomic mass is 10.1. The fourth-order valence-electron chi connectivity index (χ4n) is 2.57. The van der Waals surface area contributed by atoms with Crippen molar-refractivity contribution in [1.82, 2.24) is 9.88 Å². The summed E-state index contributed by atoms with van der Waals surface area (Å²) >= 11 is 0. The first-order valence-electron chi connectivity index (χ1n) is 8.51. The molecule has 4 N–H and O–H groups in total. The third-order valence-corrected chi connectivity index (χ3v) is 3.94. The highest BCUT2D eigenvalue weighted by Gasteiger charge is 2.15. The fraction of sp³-hybridized carbons (Fsp3) is 0.500. The van der Waals surface area contributed by atoms with Crippen molar-refractivity contribution in [3.8, 4) is 0 Å². The first-order valence-corrected chi connectivity index (χ1v) is 8.51. The number of benzene rings is 1. The Balaban J connectivity index is 2.26. The Kier molecular flexibility index (Phi) is 7.24. The predicted octanol–water partition coefficient (Wildman–Crippen LogP) is 1.24. The molecule has 1 aromatic heterocycles. The van der Waals surface area contributed by atoms with Crippen molar-refractivity contribution in [1.29, 1.82) is 0 Å². The average molecular weight is 347 g/mol. The van der Waals surface area contributed by atoms with Crippen LogP contribution in [0, 0.1) is 0 Å². The van der Waals surface area contributed by atoms with Gasteiger partial charge in [-0.3, -0.25) is 0 Å². The number of pyridine rings is 1. The summed E-state index contributed by atoms with van der Waals surface area (Å²) in [5.74, 6) is 0.777. The number of aliphatic hydroxyl groups excluding tert-OH is 1. The van der Waals surface area contributed by atoms with Gasteiger partial charge in [-0.15, -0.1) is 0 Å². The molecule has 0 aliphatic rings. The summed E-state index contributed by atoms with van der Waals surface area (Å²) < 4.78 is 5.31. The van der Waals surface area contributed by atoms with Crippen LogP contribution in [0.1, 0.15) is 0 Å². The van der Waals surface area contributed by atoms with Gasteiger partial charge in [0.2, 0.25) is 0 Å². The van der Waals surface area contributed by atoms with Crippen molar-refractivity contribution in [2.24, 2.45) is 0 Å². The van der Waals surface area contributed by atoms with Crippen molar-refractivity contribution < 1.29 is 9.84 Å². The SMILES string of the molecule is CN(C)CCN(C)c1nc2ccccc2c(NCCOCCO)c1N. The van der Waals surface area contributed by atoms with E-state index in [1.807, 2.05) is 45.4 Å². The molecule has 1 heterocycles. The Morgan fingerprint density at radius 1 is 1.16 bits per heavy atom. The highest BCUT2D eigenvalue weighted by atomic mass is 16.5. The monoisotopic (exact) mass is 347 g/mol. The zero-order valence-electron chi connectivity index (χ0n) is 15.3. The number of nitrogens with zero attached hydrogens (tertiary/aromatic N) is 3. The molecule has 1 aromatic carbocycles. The third-order valence-electron chi connectivity index (χ3n) is 3.94. The highest BCUT2D eigenvalue weighted by molar-refractivity contribution is 6.01. The summed E-state index contributed by atoms with van der Waals surface area (Å²) in [4.78, 5) is 8.96. The van der Waals surface area contributed by atoms with Gasteiger partial charge in [0.05, 0.1) is 36.7 Å². The van der Waals surface area contributed by atoms with Gasteiger partial charge in [-0.1, -0.05) is 18.2 Å². The van der Waals surface area contributed by atoms with Gasteiger partial charge >= 0.3 is 0 Å². The smallest absolute Gasteiger partial charge is 0.154 e. The molecule has 0 bridgehead atoms. The lowest BCUT2D eigenvalue weighted by Crippen LogP contribution is -2.29. The molecule has 7 nitrogen and oxygen atoms in total. The van der Waals surface area contributed by atoms with Crippen molar-refractivity contribution >= 4 is 28.1 Å². The van der Waals surface area contributed by atoms with Gasteiger partial charge < -0.3 is 30.7 Å². The topological polar surface area (TPSA) is 86.9 Å². The summed E-state index contributed by atoms with van der Waals surface area (Å²) in [6.07, 6.45) is 0. The number of likely N-dealkylation sites (N-methyl/N-ethyl adjacent to an activating group) is 2. The molecule has 25 heavy (non-hydrogen) atoms. The lowest BCUT2D eigenvalue weighted by molar-refractivity contribution is 0.0992. The van der Waals surface area contributed by atoms with Gasteiger partial charge in [0, 0.05) is 32.1 Å². The quantitative estimate of drug-likeness (QED) is 0.557. The minimum absolute atomic E-state index is 0.0289. The molecule has 7 heteroatoms. The van der Waals surface area contributed by atoms with Crippen LogP contribution < -0.4 is 16.0 Å². The largest absolute Gasteiger partial charge is 0.394 e. The van der Waals surface area contributed by atoms with Crippen LogP contribution in [0.25, 0.3) is 10.9 Å². The van der Waals surface area contributed by atoms with Crippen LogP contribution in [0.5, 0.6) is 0 Å². The zero-order chi connectivity index (χ0) is 18.2. The number of hydrogen-bond acceptors (Lipinski definition) is 7. The summed E-state index contributed by atoms with van der Waals surface area (Å²) in [7, 11) is 6.10. The van der Waals surface area contributed by atoms with Crippen molar-refractivity contribution in [3.63, 3.8) is 0 Å². The molecule has 0 spiro atoms. The molecule has 0 fully saturated rings. The number of para-hydroxylation sites is 1. The fourth-order valence-corrected chi connectivity index (χ4v) is 2.57. The standard InChI is InChI=1S/C18H29N5O2/c1-22(2)9-10-23(3)18-16(19)17(20-8-12-25-13-11-24)14-6-4-5-7-15(14)21-18/h4-7,24H,8-13,19H2,1-3H3,(H,20,21). The number of ether oxygens (including phenoxy) is 1. The van der Waals surface area contributed by atoms with Crippen LogP contribution in [0.3, 0.4) is 0 Å². The molecule has 2 rings (SSSR count). The van der Waals surface area contributed by atoms with E-state index < -0.39 is 0 Å². The minimum atomic E-state index is 0.0289. The number of nitrogens with two attached hydrogens (primary N) is 1. The maximum absolute atomic E-state index is 8.77. The second-order valence-electron chi connectivity index (χ2n) is 6.23. The van der Waals surface area contributed by atoms with E-state index in [9.17, 15) is 0 Å². The molecule has 0 atom stereocenters. The van der Waals surface area contributed by atoms with E-state index in [0.29, 0.717) is 25.4 Å². The van der Waals surface area contributed by atoms with E-state index in [4.69, 9.17) is 20.6 Å². The van der Waals surface area contributed by atoms with Crippen LogP contribution in [-0.2, 0) is 4.74 Å². The van der Waals surface area contributed by atoms with E-state index >= 15 is 0 Å². The number of hydrogen-bond donors (Lipinski definition) is 3. The minimum Gasteiger partial charge on any atom is -0.394 e. The molecule has 2 aromatic rings. The van der Waals surface area contributed by atoms with E-state index in [-0.39, 0.29) is 6.61 Å². The molecule has 0 aliphatic heterocycles. The van der Waals surface area contributed by atoms with Crippen LogP contribution in [0.4, 0.5) is 17.2 Å². The summed E-state index contributed by atoms with van der Waals surface area (Å²) in [6.45, 7) is 3.24. The van der Waals surface area contributed by atoms with Crippen molar-refractivity contribution in [2.75, 3.05) is 76.5 Å². The number of aromatic nitrogens is 1. The number of fused-ring (bicyclic) bond motifs is 1. The van der Waals surface area contributed by atoms with E-state index in [2.05, 4.69) is 15.1 Å². The molecule has 0 unspecified atom stereocenters. The Morgan fingerprint density at radius 2 is 1.92 bits per heavy atom. The third kappa shape index (κ3) is 5.19. The number of aliphatic hydroxyl groups is 1. The summed E-state index contributed by atoms with van der Waals surface area (Å²) in [6, 6.07) is 7.96. The normalized spacial score (nSPS) is 11.2. The Labute approximate surface area is 149 Å². The Bertz CT molecular complexity index is 678. The van der Waals surface area contributed by atoms with E-state index in [1.54, 1.807) is 0 Å². The Morgan fingerprint density at radius 3 is 2.64 bits per heavy atom. The van der Waals surface area contributed by atoms with Gasteiger partial charge in [-0.25, -0.2) is 4.98 Å². The maximum Gasteiger partial charge on any atom is 0.154 e. The van der Waals surface area contributed by atoms with Gasteiger partial charge in [0.15, 0.2) is 5.82 Å². The number of rotatable bonds is 10. The van der Waals surface area contributed by atoms with Crippen LogP contribution in [0.2, 0.25) is 0 Å².